The molecule has 3 rings (SSSR count). The zero-order valence-corrected chi connectivity index (χ0v) is 15.1. The summed E-state index contributed by atoms with van der Waals surface area (Å²) in [6, 6.07) is 1.87. The average Bonchev–Trinajstić information content (AvgIpc) is 2.88. The van der Waals surface area contributed by atoms with Crippen LogP contribution >= 0.6 is 0 Å². The Hall–Kier alpha value is -2.30. The van der Waals surface area contributed by atoms with Crippen LogP contribution in [-0.2, 0) is 21.3 Å². The zero-order chi connectivity index (χ0) is 19.3. The Morgan fingerprint density at radius 1 is 1.27 bits per heavy atom. The van der Waals surface area contributed by atoms with Crippen LogP contribution in [0.4, 0.5) is 18.9 Å². The molecule has 2 aromatic rings. The molecule has 0 amide bonds. The average molecular weight is 390 g/mol. The van der Waals surface area contributed by atoms with Crippen LogP contribution in [0, 0.1) is 6.92 Å². The van der Waals surface area contributed by atoms with Gasteiger partial charge in [0.05, 0.1) is 17.3 Å². The number of rotatable bonds is 3. The highest BCUT2D eigenvalue weighted by Gasteiger charge is 2.49. The summed E-state index contributed by atoms with van der Waals surface area (Å²) in [5.41, 5.74) is -2.70. The molecule has 1 aliphatic rings. The number of aryl methyl sites for hydroxylation is 2. The molecule has 26 heavy (non-hydrogen) atoms. The van der Waals surface area contributed by atoms with Gasteiger partial charge in [0.25, 0.3) is 0 Å². The summed E-state index contributed by atoms with van der Waals surface area (Å²) >= 11 is 0. The Morgan fingerprint density at radius 2 is 1.96 bits per heavy atom. The van der Waals surface area contributed by atoms with Gasteiger partial charge in [-0.1, -0.05) is 0 Å². The lowest BCUT2D eigenvalue weighted by Crippen LogP contribution is -2.34. The molecule has 0 fully saturated rings. The van der Waals surface area contributed by atoms with E-state index in [-0.39, 0.29) is 18.7 Å². The Labute approximate surface area is 148 Å². The summed E-state index contributed by atoms with van der Waals surface area (Å²) in [6.07, 6.45) is 1.72. The van der Waals surface area contributed by atoms with E-state index in [0.717, 1.165) is 16.8 Å². The van der Waals surface area contributed by atoms with Crippen molar-refractivity contribution in [1.82, 2.24) is 14.8 Å². The van der Waals surface area contributed by atoms with Gasteiger partial charge in [0.1, 0.15) is 5.76 Å². The van der Waals surface area contributed by atoms with Crippen molar-refractivity contribution >= 4 is 26.8 Å². The van der Waals surface area contributed by atoms with Gasteiger partial charge < -0.3 is 9.08 Å². The highest BCUT2D eigenvalue weighted by Crippen LogP contribution is 2.33. The fourth-order valence-corrected chi connectivity index (χ4v) is 3.47. The van der Waals surface area contributed by atoms with Crippen molar-refractivity contribution in [1.29, 1.82) is 0 Å². The molecular formula is C15H17F3N4O3S. The minimum Gasteiger partial charge on any atom is -0.380 e. The fourth-order valence-electron chi connectivity index (χ4n) is 2.88. The molecule has 7 nitrogen and oxygen atoms in total. The maximum atomic E-state index is 12.5. The van der Waals surface area contributed by atoms with Crippen molar-refractivity contribution in [2.24, 2.45) is 7.05 Å². The van der Waals surface area contributed by atoms with E-state index in [2.05, 4.69) is 14.3 Å². The molecule has 1 aliphatic heterocycles. The van der Waals surface area contributed by atoms with Crippen molar-refractivity contribution < 1.29 is 25.8 Å². The lowest BCUT2D eigenvalue weighted by Gasteiger charge is -2.31. The van der Waals surface area contributed by atoms with E-state index in [9.17, 15) is 21.6 Å². The largest absolute Gasteiger partial charge is 0.534 e. The van der Waals surface area contributed by atoms with Gasteiger partial charge in [-0.25, -0.2) is 4.98 Å². The summed E-state index contributed by atoms with van der Waals surface area (Å²) in [5, 5.41) is 5.01. The van der Waals surface area contributed by atoms with Gasteiger partial charge in [0, 0.05) is 32.3 Å². The summed E-state index contributed by atoms with van der Waals surface area (Å²) in [5.74, 6) is -0.160. The molecule has 0 N–H and O–H groups in total. The quantitative estimate of drug-likeness (QED) is 0.592. The van der Waals surface area contributed by atoms with Crippen LogP contribution in [0.25, 0.3) is 11.0 Å². The highest BCUT2D eigenvalue weighted by atomic mass is 32.2. The second-order valence-electron chi connectivity index (χ2n) is 6.15. The van der Waals surface area contributed by atoms with E-state index in [1.165, 1.54) is 0 Å². The molecule has 11 heteroatoms. The molecule has 2 aromatic heterocycles. The number of anilines is 1. The first-order valence-electron chi connectivity index (χ1n) is 7.73. The maximum Gasteiger partial charge on any atom is 0.534 e. The molecule has 0 saturated heterocycles. The standard InChI is InChI=1S/C15H17F3N4O3S/c1-9-8-22(5-4-13(9)25-26(23,24)15(16,17)18)12-6-10(2)20-14-11(12)7-19-21(14)3/h6-7H,4-5,8H2,1-3H3. The summed E-state index contributed by atoms with van der Waals surface area (Å²) in [4.78, 5) is 6.38. The number of alkyl halides is 3. The molecule has 0 saturated carbocycles. The number of halogens is 3. The Bertz CT molecular complexity index is 995. The van der Waals surface area contributed by atoms with Gasteiger partial charge in [-0.15, -0.1) is 0 Å². The first-order valence-corrected chi connectivity index (χ1v) is 9.14. The van der Waals surface area contributed by atoms with Crippen LogP contribution in [0.2, 0.25) is 0 Å². The van der Waals surface area contributed by atoms with Crippen molar-refractivity contribution in [3.05, 3.63) is 29.3 Å². The van der Waals surface area contributed by atoms with Gasteiger partial charge >= 0.3 is 15.6 Å². The molecule has 0 unspecified atom stereocenters. The number of fused-ring (bicyclic) bond motifs is 1. The molecule has 0 spiro atoms. The third kappa shape index (κ3) is 3.22. The van der Waals surface area contributed by atoms with E-state index >= 15 is 0 Å². The summed E-state index contributed by atoms with van der Waals surface area (Å²) < 4.78 is 66.0. The van der Waals surface area contributed by atoms with Crippen molar-refractivity contribution in [2.75, 3.05) is 18.0 Å². The topological polar surface area (TPSA) is 77.3 Å². The molecule has 0 radical (unpaired) electrons. The SMILES string of the molecule is CC1=C(OS(=O)(=O)C(F)(F)F)CCN(c2cc(C)nc3c2cnn3C)C1. The normalized spacial score (nSPS) is 16.5. The second kappa shape index (κ2) is 6.15. The number of nitrogens with zero attached hydrogens (tertiary/aromatic N) is 4. The molecule has 3 heterocycles. The minimum atomic E-state index is -5.65. The molecule has 0 aromatic carbocycles. The molecular weight excluding hydrogens is 373 g/mol. The monoisotopic (exact) mass is 390 g/mol. The predicted molar refractivity (Wildman–Crippen MR) is 88.8 cm³/mol. The van der Waals surface area contributed by atoms with Crippen molar-refractivity contribution in [2.45, 2.75) is 25.8 Å². The molecule has 0 bridgehead atoms. The second-order valence-corrected chi connectivity index (χ2v) is 7.68. The Balaban J connectivity index is 1.91. The minimum absolute atomic E-state index is 0.0459. The van der Waals surface area contributed by atoms with Gasteiger partial charge in [0.2, 0.25) is 0 Å². The molecule has 0 atom stereocenters. The smallest absolute Gasteiger partial charge is 0.380 e. The summed E-state index contributed by atoms with van der Waals surface area (Å²) in [7, 11) is -3.88. The molecule has 0 aliphatic carbocycles. The van der Waals surface area contributed by atoms with Gasteiger partial charge in [-0.3, -0.25) is 4.68 Å². The number of hydrogen-bond donors (Lipinski definition) is 0. The third-order valence-electron chi connectivity index (χ3n) is 4.16. The van der Waals surface area contributed by atoms with Gasteiger partial charge in [-0.05, 0) is 25.5 Å². The third-order valence-corrected chi connectivity index (χ3v) is 5.15. The van der Waals surface area contributed by atoms with Crippen LogP contribution in [-0.4, -0.2) is 41.8 Å². The van der Waals surface area contributed by atoms with E-state index < -0.39 is 15.6 Å². The Kier molecular flexibility index (Phi) is 4.37. The van der Waals surface area contributed by atoms with Gasteiger partial charge in [0.15, 0.2) is 5.65 Å². The molecule has 142 valence electrons. The lowest BCUT2D eigenvalue weighted by atomic mass is 10.1. The number of pyridine rings is 1. The van der Waals surface area contributed by atoms with E-state index in [1.54, 1.807) is 24.9 Å². The number of hydrogen-bond acceptors (Lipinski definition) is 6. The Morgan fingerprint density at radius 3 is 2.58 bits per heavy atom. The lowest BCUT2D eigenvalue weighted by molar-refractivity contribution is -0.0524. The fraction of sp³-hybridized carbons (Fsp3) is 0.467. The van der Waals surface area contributed by atoms with Crippen molar-refractivity contribution in [3.8, 4) is 0 Å². The van der Waals surface area contributed by atoms with Crippen LogP contribution in [0.5, 0.6) is 0 Å². The predicted octanol–water partition coefficient (Wildman–Crippen LogP) is 2.63. The van der Waals surface area contributed by atoms with E-state index in [1.807, 2.05) is 17.9 Å². The first-order chi connectivity index (χ1) is 12.0. The van der Waals surface area contributed by atoms with Crippen LogP contribution in [0.3, 0.4) is 0 Å². The maximum absolute atomic E-state index is 12.5. The van der Waals surface area contributed by atoms with E-state index in [0.29, 0.717) is 17.8 Å². The first kappa shape index (κ1) is 18.5. The van der Waals surface area contributed by atoms with Crippen LogP contribution in [0.1, 0.15) is 19.0 Å². The zero-order valence-electron chi connectivity index (χ0n) is 14.3. The van der Waals surface area contributed by atoms with Gasteiger partial charge in [-0.2, -0.15) is 26.7 Å². The van der Waals surface area contributed by atoms with Crippen LogP contribution < -0.4 is 4.90 Å². The number of aromatic nitrogens is 3. The highest BCUT2D eigenvalue weighted by molar-refractivity contribution is 7.87. The summed E-state index contributed by atoms with van der Waals surface area (Å²) in [6.45, 7) is 3.96. The van der Waals surface area contributed by atoms with Crippen molar-refractivity contribution in [3.63, 3.8) is 0 Å². The van der Waals surface area contributed by atoms with E-state index in [4.69, 9.17) is 0 Å². The van der Waals surface area contributed by atoms with Crippen LogP contribution in [0.15, 0.2) is 23.6 Å².